The molecular formula is C11H22N2O3S. The van der Waals surface area contributed by atoms with Crippen molar-refractivity contribution < 1.29 is 13.5 Å². The molecule has 0 spiro atoms. The zero-order valence-electron chi connectivity index (χ0n) is 10.2. The highest BCUT2D eigenvalue weighted by molar-refractivity contribution is 7.86. The molecular weight excluding hydrogens is 240 g/mol. The van der Waals surface area contributed by atoms with Crippen LogP contribution in [0.5, 0.6) is 0 Å². The highest BCUT2D eigenvalue weighted by Gasteiger charge is 2.36. The van der Waals surface area contributed by atoms with Crippen molar-refractivity contribution >= 4 is 10.2 Å². The van der Waals surface area contributed by atoms with Crippen molar-refractivity contribution in [3.05, 3.63) is 0 Å². The fourth-order valence-corrected chi connectivity index (χ4v) is 4.63. The third-order valence-electron chi connectivity index (χ3n) is 3.72. The van der Waals surface area contributed by atoms with Crippen LogP contribution < -0.4 is 0 Å². The van der Waals surface area contributed by atoms with Crippen LogP contribution in [0.3, 0.4) is 0 Å². The molecule has 2 rings (SSSR count). The molecule has 6 heteroatoms. The van der Waals surface area contributed by atoms with Crippen LogP contribution in [0, 0.1) is 0 Å². The zero-order valence-corrected chi connectivity index (χ0v) is 11.0. The van der Waals surface area contributed by atoms with Gasteiger partial charge in [0.05, 0.1) is 6.61 Å². The van der Waals surface area contributed by atoms with E-state index in [-0.39, 0.29) is 12.6 Å². The van der Waals surface area contributed by atoms with Gasteiger partial charge in [-0.15, -0.1) is 0 Å². The SMILES string of the molecule is O=S(=O)(N1CCCC1)N1CCCCCC1CO. The maximum atomic E-state index is 12.5. The Hall–Kier alpha value is -0.170. The van der Waals surface area contributed by atoms with Gasteiger partial charge in [0, 0.05) is 25.7 Å². The van der Waals surface area contributed by atoms with Gasteiger partial charge in [-0.2, -0.15) is 17.0 Å². The summed E-state index contributed by atoms with van der Waals surface area (Å²) in [6.45, 7) is 1.77. The lowest BCUT2D eigenvalue weighted by Crippen LogP contribution is -2.48. The summed E-state index contributed by atoms with van der Waals surface area (Å²) in [4.78, 5) is 0. The summed E-state index contributed by atoms with van der Waals surface area (Å²) in [6.07, 6.45) is 5.67. The highest BCUT2D eigenvalue weighted by atomic mass is 32.2. The van der Waals surface area contributed by atoms with Gasteiger partial charge in [-0.05, 0) is 25.7 Å². The third kappa shape index (κ3) is 2.81. The Kier molecular flexibility index (Phi) is 4.41. The van der Waals surface area contributed by atoms with E-state index < -0.39 is 10.2 Å². The number of hydrogen-bond acceptors (Lipinski definition) is 3. The predicted molar refractivity (Wildman–Crippen MR) is 65.8 cm³/mol. The third-order valence-corrected chi connectivity index (χ3v) is 5.81. The van der Waals surface area contributed by atoms with Gasteiger partial charge in [-0.25, -0.2) is 0 Å². The molecule has 1 atom stereocenters. The summed E-state index contributed by atoms with van der Waals surface area (Å²) in [5.41, 5.74) is 0. The van der Waals surface area contributed by atoms with Crippen molar-refractivity contribution in [1.29, 1.82) is 0 Å². The number of aliphatic hydroxyl groups excluding tert-OH is 1. The molecule has 2 heterocycles. The molecule has 1 unspecified atom stereocenters. The van der Waals surface area contributed by atoms with Gasteiger partial charge in [-0.3, -0.25) is 0 Å². The first-order valence-corrected chi connectivity index (χ1v) is 7.94. The molecule has 0 aromatic heterocycles. The fraction of sp³-hybridized carbons (Fsp3) is 1.00. The van der Waals surface area contributed by atoms with Crippen molar-refractivity contribution in [2.24, 2.45) is 0 Å². The number of rotatable bonds is 3. The Labute approximate surface area is 104 Å². The molecule has 0 radical (unpaired) electrons. The molecule has 0 amide bonds. The maximum Gasteiger partial charge on any atom is 0.282 e. The van der Waals surface area contributed by atoms with Gasteiger partial charge < -0.3 is 5.11 Å². The zero-order chi connectivity index (χ0) is 12.3. The normalized spacial score (nSPS) is 29.4. The van der Waals surface area contributed by atoms with E-state index >= 15 is 0 Å². The second-order valence-corrected chi connectivity index (χ2v) is 6.79. The average molecular weight is 262 g/mol. The van der Waals surface area contributed by atoms with E-state index in [0.717, 1.165) is 38.5 Å². The molecule has 0 aliphatic carbocycles. The largest absolute Gasteiger partial charge is 0.395 e. The van der Waals surface area contributed by atoms with Gasteiger partial charge in [0.25, 0.3) is 10.2 Å². The Balaban J connectivity index is 2.16. The van der Waals surface area contributed by atoms with Crippen LogP contribution in [0.1, 0.15) is 38.5 Å². The Morgan fingerprint density at radius 2 is 1.65 bits per heavy atom. The second kappa shape index (κ2) is 5.65. The van der Waals surface area contributed by atoms with Crippen molar-refractivity contribution in [2.75, 3.05) is 26.2 Å². The summed E-state index contributed by atoms with van der Waals surface area (Å²) in [7, 11) is -3.34. The van der Waals surface area contributed by atoms with Crippen molar-refractivity contribution in [1.82, 2.24) is 8.61 Å². The average Bonchev–Trinajstić information content (AvgIpc) is 2.74. The van der Waals surface area contributed by atoms with E-state index in [1.165, 1.54) is 4.31 Å². The lowest BCUT2D eigenvalue weighted by Gasteiger charge is -2.31. The Morgan fingerprint density at radius 3 is 2.29 bits per heavy atom. The van der Waals surface area contributed by atoms with Gasteiger partial charge in [0.15, 0.2) is 0 Å². The van der Waals surface area contributed by atoms with Crippen LogP contribution in [0.15, 0.2) is 0 Å². The molecule has 17 heavy (non-hydrogen) atoms. The van der Waals surface area contributed by atoms with E-state index in [1.54, 1.807) is 4.31 Å². The van der Waals surface area contributed by atoms with E-state index in [1.807, 2.05) is 0 Å². The van der Waals surface area contributed by atoms with Gasteiger partial charge in [0.1, 0.15) is 0 Å². The molecule has 0 saturated carbocycles. The van der Waals surface area contributed by atoms with Crippen molar-refractivity contribution in [2.45, 2.75) is 44.6 Å². The first-order chi connectivity index (χ1) is 8.16. The summed E-state index contributed by atoms with van der Waals surface area (Å²) in [6, 6.07) is -0.219. The van der Waals surface area contributed by atoms with Crippen LogP contribution in [0.4, 0.5) is 0 Å². The Morgan fingerprint density at radius 1 is 1.00 bits per heavy atom. The van der Waals surface area contributed by atoms with E-state index in [4.69, 9.17) is 0 Å². The lowest BCUT2D eigenvalue weighted by molar-refractivity contribution is 0.180. The van der Waals surface area contributed by atoms with Crippen LogP contribution in [-0.2, 0) is 10.2 Å². The van der Waals surface area contributed by atoms with Crippen molar-refractivity contribution in [3.63, 3.8) is 0 Å². The van der Waals surface area contributed by atoms with Gasteiger partial charge >= 0.3 is 0 Å². The summed E-state index contributed by atoms with van der Waals surface area (Å²) in [5.74, 6) is 0. The van der Waals surface area contributed by atoms with Crippen LogP contribution in [-0.4, -0.2) is 54.4 Å². The molecule has 2 aliphatic rings. The first kappa shape index (κ1) is 13.3. The van der Waals surface area contributed by atoms with E-state index in [9.17, 15) is 13.5 Å². The number of hydrogen-bond donors (Lipinski definition) is 1. The van der Waals surface area contributed by atoms with E-state index in [0.29, 0.717) is 19.6 Å². The molecule has 5 nitrogen and oxygen atoms in total. The summed E-state index contributed by atoms with van der Waals surface area (Å²) >= 11 is 0. The smallest absolute Gasteiger partial charge is 0.282 e. The minimum Gasteiger partial charge on any atom is -0.395 e. The molecule has 0 aromatic rings. The quantitative estimate of drug-likeness (QED) is 0.808. The maximum absolute atomic E-state index is 12.5. The summed E-state index contributed by atoms with van der Waals surface area (Å²) in [5, 5.41) is 9.37. The number of aliphatic hydroxyl groups is 1. The number of nitrogens with zero attached hydrogens (tertiary/aromatic N) is 2. The Bertz CT molecular complexity index is 339. The topological polar surface area (TPSA) is 60.9 Å². The minimum atomic E-state index is -3.34. The molecule has 0 bridgehead atoms. The molecule has 100 valence electrons. The first-order valence-electron chi connectivity index (χ1n) is 6.54. The predicted octanol–water partition coefficient (Wildman–Crippen LogP) is 0.564. The van der Waals surface area contributed by atoms with Gasteiger partial charge in [-0.1, -0.05) is 12.8 Å². The molecule has 2 fully saturated rings. The molecule has 0 aromatic carbocycles. The standard InChI is InChI=1S/C11H22N2O3S/c14-10-11-6-2-1-3-9-13(11)17(15,16)12-7-4-5-8-12/h11,14H,1-10H2. The van der Waals surface area contributed by atoms with Crippen molar-refractivity contribution in [3.8, 4) is 0 Å². The molecule has 2 saturated heterocycles. The van der Waals surface area contributed by atoms with Crippen LogP contribution in [0.2, 0.25) is 0 Å². The summed E-state index contributed by atoms with van der Waals surface area (Å²) < 4.78 is 28.0. The lowest BCUT2D eigenvalue weighted by atomic mass is 10.1. The second-order valence-electron chi connectivity index (χ2n) is 4.91. The molecule has 1 N–H and O–H groups in total. The van der Waals surface area contributed by atoms with E-state index in [2.05, 4.69) is 0 Å². The van der Waals surface area contributed by atoms with Gasteiger partial charge in [0.2, 0.25) is 0 Å². The monoisotopic (exact) mass is 262 g/mol. The fourth-order valence-electron chi connectivity index (χ4n) is 2.70. The highest BCUT2D eigenvalue weighted by Crippen LogP contribution is 2.24. The van der Waals surface area contributed by atoms with Crippen LogP contribution in [0.25, 0.3) is 0 Å². The molecule has 2 aliphatic heterocycles. The minimum absolute atomic E-state index is 0.0624. The van der Waals surface area contributed by atoms with Crippen LogP contribution >= 0.6 is 0 Å².